The van der Waals surface area contributed by atoms with Gasteiger partial charge in [-0.2, -0.15) is 8.42 Å². The zero-order valence-corrected chi connectivity index (χ0v) is 8.72. The lowest BCUT2D eigenvalue weighted by molar-refractivity contribution is 0.483. The topological polar surface area (TPSA) is 92.4 Å². The summed E-state index contributed by atoms with van der Waals surface area (Å²) in [4.78, 5) is -0.256. The van der Waals surface area contributed by atoms with E-state index in [2.05, 4.69) is 5.32 Å². The number of hydrogen-bond donors (Lipinski definition) is 3. The van der Waals surface area contributed by atoms with Crippen LogP contribution in [0.2, 0.25) is 0 Å². The fourth-order valence-corrected chi connectivity index (χ4v) is 1.87. The van der Waals surface area contributed by atoms with E-state index >= 15 is 0 Å². The molecule has 0 aliphatic rings. The van der Waals surface area contributed by atoms with Crippen molar-refractivity contribution in [1.82, 2.24) is 0 Å². The van der Waals surface area contributed by atoms with Crippen molar-refractivity contribution in [2.45, 2.75) is 11.8 Å². The molecule has 6 heteroatoms. The van der Waals surface area contributed by atoms with Crippen LogP contribution >= 0.6 is 0 Å². The quantitative estimate of drug-likeness (QED) is 0.504. The monoisotopic (exact) mass is 216 g/mol. The molecule has 0 fully saturated rings. The van der Waals surface area contributed by atoms with E-state index in [4.69, 9.17) is 10.3 Å². The highest BCUT2D eigenvalue weighted by Gasteiger charge is 2.16. The van der Waals surface area contributed by atoms with Gasteiger partial charge >= 0.3 is 0 Å². The fourth-order valence-electron chi connectivity index (χ4n) is 1.20. The predicted octanol–water partition coefficient (Wildman–Crippen LogP) is 0.866. The number of nitrogens with one attached hydrogen (secondary N) is 1. The van der Waals surface area contributed by atoms with Crippen molar-refractivity contribution < 1.29 is 13.0 Å². The summed E-state index contributed by atoms with van der Waals surface area (Å²) in [5, 5.41) is 2.86. The molecule has 1 aromatic carbocycles. The Hall–Kier alpha value is -1.27. The van der Waals surface area contributed by atoms with Crippen molar-refractivity contribution in [1.29, 1.82) is 0 Å². The first-order valence-corrected chi connectivity index (χ1v) is 5.36. The van der Waals surface area contributed by atoms with Gasteiger partial charge in [0.1, 0.15) is 4.90 Å². The maximum atomic E-state index is 10.9. The van der Waals surface area contributed by atoms with Crippen molar-refractivity contribution in [2.75, 3.05) is 18.1 Å². The molecule has 0 amide bonds. The molecule has 1 aromatic rings. The summed E-state index contributed by atoms with van der Waals surface area (Å²) >= 11 is 0. The van der Waals surface area contributed by atoms with Gasteiger partial charge in [-0.1, -0.05) is 0 Å². The zero-order valence-electron chi connectivity index (χ0n) is 7.90. The van der Waals surface area contributed by atoms with Crippen LogP contribution in [0.15, 0.2) is 17.0 Å². The standard InChI is InChI=1S/C8H12N2O3S/c1-5-6(10-2)3-4-7(8(5)9)14(11,12)13/h3-4,10H,9H2,1-2H3,(H,11,12,13). The van der Waals surface area contributed by atoms with Crippen molar-refractivity contribution >= 4 is 21.5 Å². The van der Waals surface area contributed by atoms with Crippen LogP contribution in [0, 0.1) is 6.92 Å². The van der Waals surface area contributed by atoms with E-state index < -0.39 is 10.1 Å². The lowest BCUT2D eigenvalue weighted by Crippen LogP contribution is -2.06. The van der Waals surface area contributed by atoms with Crippen LogP contribution in [-0.4, -0.2) is 20.0 Å². The molecule has 5 nitrogen and oxygen atoms in total. The summed E-state index contributed by atoms with van der Waals surface area (Å²) in [6.45, 7) is 1.68. The van der Waals surface area contributed by atoms with Crippen molar-refractivity contribution in [3.8, 4) is 0 Å². The minimum Gasteiger partial charge on any atom is -0.397 e. The second-order valence-corrected chi connectivity index (χ2v) is 4.26. The fraction of sp³-hybridized carbons (Fsp3) is 0.250. The molecule has 0 saturated heterocycles. The van der Waals surface area contributed by atoms with Gasteiger partial charge in [0.2, 0.25) is 0 Å². The lowest BCUT2D eigenvalue weighted by Gasteiger charge is -2.10. The number of nitrogens with two attached hydrogens (primary N) is 1. The molecule has 0 heterocycles. The molecule has 0 spiro atoms. The van der Waals surface area contributed by atoms with Crippen LogP contribution in [0.5, 0.6) is 0 Å². The number of anilines is 2. The SMILES string of the molecule is CNc1ccc(S(=O)(=O)O)c(N)c1C. The van der Waals surface area contributed by atoms with E-state index in [1.165, 1.54) is 6.07 Å². The van der Waals surface area contributed by atoms with Crippen LogP contribution in [0.25, 0.3) is 0 Å². The van der Waals surface area contributed by atoms with Gasteiger partial charge in [0.25, 0.3) is 10.1 Å². The number of rotatable bonds is 2. The maximum absolute atomic E-state index is 10.9. The average molecular weight is 216 g/mol. The highest BCUT2D eigenvalue weighted by molar-refractivity contribution is 7.86. The molecule has 0 aliphatic heterocycles. The minimum absolute atomic E-state index is 0.0688. The zero-order chi connectivity index (χ0) is 10.9. The molecule has 0 bridgehead atoms. The highest BCUT2D eigenvalue weighted by Crippen LogP contribution is 2.27. The Balaban J connectivity index is 3.47. The average Bonchev–Trinajstić information content (AvgIpc) is 2.07. The predicted molar refractivity (Wildman–Crippen MR) is 55.0 cm³/mol. The molecule has 0 aliphatic carbocycles. The molecule has 14 heavy (non-hydrogen) atoms. The van der Waals surface area contributed by atoms with Crippen molar-refractivity contribution in [2.24, 2.45) is 0 Å². The molecular weight excluding hydrogens is 204 g/mol. The van der Waals surface area contributed by atoms with E-state index in [1.54, 1.807) is 20.0 Å². The Kier molecular flexibility index (Phi) is 2.68. The molecule has 1 rings (SSSR count). The summed E-state index contributed by atoms with van der Waals surface area (Å²) in [5.41, 5.74) is 6.97. The lowest BCUT2D eigenvalue weighted by atomic mass is 10.1. The van der Waals surface area contributed by atoms with Gasteiger partial charge in [-0.3, -0.25) is 4.55 Å². The van der Waals surface area contributed by atoms with E-state index in [1.807, 2.05) is 0 Å². The Morgan fingerprint density at radius 2 is 2.00 bits per heavy atom. The van der Waals surface area contributed by atoms with Gasteiger partial charge in [0.15, 0.2) is 0 Å². The third-order valence-electron chi connectivity index (χ3n) is 2.02. The van der Waals surface area contributed by atoms with Crippen LogP contribution in [0.4, 0.5) is 11.4 Å². The molecule has 0 atom stereocenters. The summed E-state index contributed by atoms with van der Waals surface area (Å²) in [7, 11) is -2.53. The molecule has 0 unspecified atom stereocenters. The third-order valence-corrected chi connectivity index (χ3v) is 2.93. The van der Waals surface area contributed by atoms with Crippen LogP contribution < -0.4 is 11.1 Å². The van der Waals surface area contributed by atoms with E-state index in [9.17, 15) is 8.42 Å². The number of hydrogen-bond acceptors (Lipinski definition) is 4. The summed E-state index contributed by atoms with van der Waals surface area (Å²) in [6, 6.07) is 2.82. The van der Waals surface area contributed by atoms with Gasteiger partial charge in [-0.05, 0) is 24.6 Å². The molecule has 0 saturated carbocycles. The van der Waals surface area contributed by atoms with Gasteiger partial charge in [-0.25, -0.2) is 0 Å². The van der Waals surface area contributed by atoms with Gasteiger partial charge < -0.3 is 11.1 Å². The first-order valence-electron chi connectivity index (χ1n) is 3.92. The first-order chi connectivity index (χ1) is 6.38. The van der Waals surface area contributed by atoms with E-state index in [0.29, 0.717) is 5.56 Å². The summed E-state index contributed by atoms with van der Waals surface area (Å²) < 4.78 is 30.6. The second-order valence-electron chi connectivity index (χ2n) is 2.88. The molecular formula is C8H12N2O3S. The highest BCUT2D eigenvalue weighted by atomic mass is 32.2. The van der Waals surface area contributed by atoms with Crippen LogP contribution in [-0.2, 0) is 10.1 Å². The van der Waals surface area contributed by atoms with Crippen LogP contribution in [0.1, 0.15) is 5.56 Å². The molecule has 0 aromatic heterocycles. The van der Waals surface area contributed by atoms with E-state index in [0.717, 1.165) is 5.69 Å². The Bertz CT molecular complexity index is 454. The van der Waals surface area contributed by atoms with Crippen molar-refractivity contribution in [3.05, 3.63) is 17.7 Å². The van der Waals surface area contributed by atoms with Gasteiger partial charge in [0, 0.05) is 12.7 Å². The summed E-state index contributed by atoms with van der Waals surface area (Å²) in [5.74, 6) is 0. The minimum atomic E-state index is -4.23. The maximum Gasteiger partial charge on any atom is 0.296 e. The normalized spacial score (nSPS) is 11.4. The Labute approximate surface area is 82.7 Å². The van der Waals surface area contributed by atoms with Crippen LogP contribution in [0.3, 0.4) is 0 Å². The Morgan fingerprint density at radius 1 is 1.43 bits per heavy atom. The summed E-state index contributed by atoms with van der Waals surface area (Å²) in [6.07, 6.45) is 0. The third kappa shape index (κ3) is 1.80. The number of benzene rings is 1. The number of nitrogen functional groups attached to an aromatic ring is 1. The van der Waals surface area contributed by atoms with Crippen molar-refractivity contribution in [3.63, 3.8) is 0 Å². The first kappa shape index (κ1) is 10.8. The molecule has 0 radical (unpaired) electrons. The smallest absolute Gasteiger partial charge is 0.296 e. The van der Waals surface area contributed by atoms with Gasteiger partial charge in [-0.15, -0.1) is 0 Å². The molecule has 78 valence electrons. The van der Waals surface area contributed by atoms with Gasteiger partial charge in [0.05, 0.1) is 5.69 Å². The second kappa shape index (κ2) is 3.47. The van der Waals surface area contributed by atoms with E-state index in [-0.39, 0.29) is 10.6 Å². The Morgan fingerprint density at radius 3 is 2.43 bits per heavy atom. The molecule has 4 N–H and O–H groups in total. The largest absolute Gasteiger partial charge is 0.397 e.